The standard InChI is InChI=1S/C13H22N4S/c1-18-13(6-4-7-13)10-14-9-12-16-15-11-5-2-3-8-17(11)12/h14H,2-10H2,1H3. The second-order valence-electron chi connectivity index (χ2n) is 5.49. The molecule has 4 nitrogen and oxygen atoms in total. The van der Waals surface area contributed by atoms with E-state index in [-0.39, 0.29) is 0 Å². The summed E-state index contributed by atoms with van der Waals surface area (Å²) >= 11 is 2.02. The van der Waals surface area contributed by atoms with Crippen molar-refractivity contribution in [2.45, 2.75) is 56.4 Å². The summed E-state index contributed by atoms with van der Waals surface area (Å²) in [4.78, 5) is 0. The van der Waals surface area contributed by atoms with Crippen LogP contribution in [0.4, 0.5) is 0 Å². The molecular weight excluding hydrogens is 244 g/mol. The SMILES string of the molecule is CSC1(CNCc2nnc3n2CCCC3)CCC1. The van der Waals surface area contributed by atoms with Crippen molar-refractivity contribution in [3.63, 3.8) is 0 Å². The fourth-order valence-corrected chi connectivity index (χ4v) is 3.87. The number of thioether (sulfide) groups is 1. The Hall–Kier alpha value is -0.550. The summed E-state index contributed by atoms with van der Waals surface area (Å²) in [6.45, 7) is 3.08. The van der Waals surface area contributed by atoms with Crippen LogP contribution in [0.25, 0.3) is 0 Å². The summed E-state index contributed by atoms with van der Waals surface area (Å²) in [6.07, 6.45) is 9.98. The van der Waals surface area contributed by atoms with E-state index in [1.165, 1.54) is 37.9 Å². The first-order valence-corrected chi connectivity index (χ1v) is 8.22. The molecule has 0 atom stereocenters. The average Bonchev–Trinajstić information content (AvgIpc) is 2.76. The Bertz CT molecular complexity index is 406. The highest BCUT2D eigenvalue weighted by atomic mass is 32.2. The molecule has 2 aliphatic rings. The van der Waals surface area contributed by atoms with Gasteiger partial charge in [0.2, 0.25) is 0 Å². The number of hydrogen-bond acceptors (Lipinski definition) is 4. The van der Waals surface area contributed by atoms with Crippen LogP contribution in [0.15, 0.2) is 0 Å². The van der Waals surface area contributed by atoms with E-state index in [0.29, 0.717) is 4.75 Å². The molecule has 0 amide bonds. The molecule has 0 aromatic carbocycles. The van der Waals surface area contributed by atoms with Gasteiger partial charge in [0.1, 0.15) is 11.6 Å². The minimum absolute atomic E-state index is 0.505. The molecule has 0 bridgehead atoms. The normalized spacial score (nSPS) is 21.4. The first kappa shape index (κ1) is 12.5. The van der Waals surface area contributed by atoms with E-state index in [1.807, 2.05) is 11.8 Å². The second kappa shape index (κ2) is 5.21. The van der Waals surface area contributed by atoms with Crippen molar-refractivity contribution in [2.75, 3.05) is 12.8 Å². The lowest BCUT2D eigenvalue weighted by Gasteiger charge is -2.40. The van der Waals surface area contributed by atoms with E-state index in [4.69, 9.17) is 0 Å². The molecule has 1 aromatic heterocycles. The molecule has 1 fully saturated rings. The third-order valence-electron chi connectivity index (χ3n) is 4.36. The van der Waals surface area contributed by atoms with Crippen molar-refractivity contribution in [2.24, 2.45) is 0 Å². The van der Waals surface area contributed by atoms with E-state index in [2.05, 4.69) is 26.3 Å². The number of fused-ring (bicyclic) bond motifs is 1. The molecule has 3 rings (SSSR count). The van der Waals surface area contributed by atoms with Gasteiger partial charge < -0.3 is 9.88 Å². The van der Waals surface area contributed by atoms with Gasteiger partial charge in [0, 0.05) is 24.3 Å². The van der Waals surface area contributed by atoms with Crippen LogP contribution < -0.4 is 5.32 Å². The molecule has 1 N–H and O–H groups in total. The maximum atomic E-state index is 4.33. The van der Waals surface area contributed by atoms with Gasteiger partial charge in [-0.25, -0.2) is 0 Å². The number of rotatable bonds is 5. The maximum absolute atomic E-state index is 4.33. The van der Waals surface area contributed by atoms with E-state index < -0.39 is 0 Å². The molecule has 100 valence electrons. The Morgan fingerprint density at radius 1 is 1.28 bits per heavy atom. The van der Waals surface area contributed by atoms with Gasteiger partial charge in [-0.2, -0.15) is 11.8 Å². The molecule has 0 spiro atoms. The van der Waals surface area contributed by atoms with Gasteiger partial charge in [0.05, 0.1) is 6.54 Å². The zero-order valence-electron chi connectivity index (χ0n) is 11.1. The Kier molecular flexibility index (Phi) is 3.61. The Morgan fingerprint density at radius 3 is 2.89 bits per heavy atom. The molecule has 2 heterocycles. The van der Waals surface area contributed by atoms with Crippen molar-refractivity contribution in [1.29, 1.82) is 0 Å². The van der Waals surface area contributed by atoms with E-state index in [9.17, 15) is 0 Å². The monoisotopic (exact) mass is 266 g/mol. The van der Waals surface area contributed by atoms with Crippen molar-refractivity contribution < 1.29 is 0 Å². The smallest absolute Gasteiger partial charge is 0.147 e. The lowest BCUT2D eigenvalue weighted by Crippen LogP contribution is -2.43. The summed E-state index contributed by atoms with van der Waals surface area (Å²) in [5, 5.41) is 12.2. The van der Waals surface area contributed by atoms with Gasteiger partial charge in [-0.3, -0.25) is 0 Å². The van der Waals surface area contributed by atoms with Crippen LogP contribution >= 0.6 is 11.8 Å². The van der Waals surface area contributed by atoms with Gasteiger partial charge in [-0.15, -0.1) is 10.2 Å². The zero-order valence-corrected chi connectivity index (χ0v) is 11.9. The van der Waals surface area contributed by atoms with Gasteiger partial charge in [-0.1, -0.05) is 6.42 Å². The van der Waals surface area contributed by atoms with Crippen LogP contribution in [0, 0.1) is 0 Å². The predicted molar refractivity (Wildman–Crippen MR) is 74.8 cm³/mol. The number of nitrogens with one attached hydrogen (secondary N) is 1. The maximum Gasteiger partial charge on any atom is 0.147 e. The van der Waals surface area contributed by atoms with Gasteiger partial charge >= 0.3 is 0 Å². The summed E-state index contributed by atoms with van der Waals surface area (Å²) in [6, 6.07) is 0. The molecule has 1 aliphatic heterocycles. The molecule has 5 heteroatoms. The largest absolute Gasteiger partial charge is 0.314 e. The van der Waals surface area contributed by atoms with E-state index in [0.717, 1.165) is 31.9 Å². The van der Waals surface area contributed by atoms with Crippen LogP contribution in [0.5, 0.6) is 0 Å². The van der Waals surface area contributed by atoms with Gasteiger partial charge in [0.15, 0.2) is 0 Å². The highest BCUT2D eigenvalue weighted by Crippen LogP contribution is 2.42. The quantitative estimate of drug-likeness (QED) is 0.885. The fraction of sp³-hybridized carbons (Fsp3) is 0.846. The third-order valence-corrected chi connectivity index (χ3v) is 5.78. The third kappa shape index (κ3) is 2.30. The van der Waals surface area contributed by atoms with Crippen LogP contribution in [0.2, 0.25) is 0 Å². The zero-order chi connectivity index (χ0) is 12.4. The van der Waals surface area contributed by atoms with Gasteiger partial charge in [0.25, 0.3) is 0 Å². The second-order valence-corrected chi connectivity index (χ2v) is 6.76. The molecular formula is C13H22N4S. The van der Waals surface area contributed by atoms with E-state index in [1.54, 1.807) is 0 Å². The first-order valence-electron chi connectivity index (χ1n) is 7.00. The highest BCUT2D eigenvalue weighted by molar-refractivity contribution is 8.00. The summed E-state index contributed by atoms with van der Waals surface area (Å²) in [5.41, 5.74) is 0. The molecule has 0 radical (unpaired) electrons. The van der Waals surface area contributed by atoms with E-state index >= 15 is 0 Å². The molecule has 0 saturated heterocycles. The van der Waals surface area contributed by atoms with Crippen molar-refractivity contribution in [1.82, 2.24) is 20.1 Å². The van der Waals surface area contributed by atoms with Crippen LogP contribution in [0.1, 0.15) is 43.8 Å². The van der Waals surface area contributed by atoms with Crippen LogP contribution in [0.3, 0.4) is 0 Å². The number of aryl methyl sites for hydroxylation is 1. The van der Waals surface area contributed by atoms with Crippen molar-refractivity contribution >= 4 is 11.8 Å². The molecule has 1 saturated carbocycles. The summed E-state index contributed by atoms with van der Waals surface area (Å²) < 4.78 is 2.81. The average molecular weight is 266 g/mol. The molecule has 1 aliphatic carbocycles. The summed E-state index contributed by atoms with van der Waals surface area (Å²) in [7, 11) is 0. The molecule has 1 aromatic rings. The minimum atomic E-state index is 0.505. The Balaban J connectivity index is 1.55. The van der Waals surface area contributed by atoms with Crippen LogP contribution in [-0.2, 0) is 19.5 Å². The molecule has 0 unspecified atom stereocenters. The minimum Gasteiger partial charge on any atom is -0.314 e. The number of hydrogen-bond donors (Lipinski definition) is 1. The van der Waals surface area contributed by atoms with Crippen molar-refractivity contribution in [3.05, 3.63) is 11.6 Å². The predicted octanol–water partition coefficient (Wildman–Crippen LogP) is 1.99. The van der Waals surface area contributed by atoms with Gasteiger partial charge in [-0.05, 0) is 31.9 Å². The van der Waals surface area contributed by atoms with Crippen LogP contribution in [-0.4, -0.2) is 32.3 Å². The summed E-state index contributed by atoms with van der Waals surface area (Å²) in [5.74, 6) is 2.31. The topological polar surface area (TPSA) is 42.7 Å². The molecule has 18 heavy (non-hydrogen) atoms. The van der Waals surface area contributed by atoms with Crippen molar-refractivity contribution in [3.8, 4) is 0 Å². The highest BCUT2D eigenvalue weighted by Gasteiger charge is 2.35. The lowest BCUT2D eigenvalue weighted by molar-refractivity contribution is 0.342. The fourth-order valence-electron chi connectivity index (χ4n) is 2.93. The lowest BCUT2D eigenvalue weighted by atomic mass is 9.84. The number of aromatic nitrogens is 3. The number of nitrogens with zero attached hydrogens (tertiary/aromatic N) is 3. The first-order chi connectivity index (χ1) is 8.83. The Labute approximate surface area is 113 Å². The Morgan fingerprint density at radius 2 is 2.17 bits per heavy atom.